The molecule has 0 aliphatic carbocycles. The Balaban J connectivity index is 2.11. The normalized spacial score (nSPS) is 19.8. The Morgan fingerprint density at radius 3 is 2.62 bits per heavy atom. The average molecular weight is 246 g/mol. The van der Waals surface area contributed by atoms with Gasteiger partial charge in [0.2, 0.25) is 0 Å². The van der Waals surface area contributed by atoms with Gasteiger partial charge in [0.05, 0.1) is 13.2 Å². The molecule has 0 saturated carbocycles. The first kappa shape index (κ1) is 13.9. The van der Waals surface area contributed by atoms with Gasteiger partial charge in [-0.1, -0.05) is 6.08 Å². The number of epoxide rings is 1. The minimum absolute atomic E-state index is 0.347. The van der Waals surface area contributed by atoms with E-state index >= 15 is 0 Å². The molecule has 0 amide bonds. The molecule has 5 heteroatoms. The van der Waals surface area contributed by atoms with Gasteiger partial charge < -0.3 is 18.3 Å². The van der Waals surface area contributed by atoms with E-state index in [9.17, 15) is 0 Å². The Morgan fingerprint density at radius 2 is 2.12 bits per heavy atom. The Hall–Kier alpha value is -0.203. The monoisotopic (exact) mass is 246 g/mol. The summed E-state index contributed by atoms with van der Waals surface area (Å²) in [7, 11) is 1.41. The van der Waals surface area contributed by atoms with E-state index in [1.807, 2.05) is 6.08 Å². The van der Waals surface area contributed by atoms with Crippen LogP contribution in [0.2, 0.25) is 12.1 Å². The minimum atomic E-state index is -2.03. The summed E-state index contributed by atoms with van der Waals surface area (Å²) in [6.45, 7) is 6.06. The maximum atomic E-state index is 5.53. The molecule has 4 nitrogen and oxygen atoms in total. The Bertz CT molecular complexity index is 202. The molecule has 1 unspecified atom stereocenters. The molecule has 94 valence electrons. The molecule has 0 aromatic rings. The highest BCUT2D eigenvalue weighted by atomic mass is 28.4. The maximum absolute atomic E-state index is 5.53. The van der Waals surface area contributed by atoms with Gasteiger partial charge in [-0.05, 0) is 12.5 Å². The Morgan fingerprint density at radius 1 is 1.44 bits per heavy atom. The van der Waals surface area contributed by atoms with Crippen molar-refractivity contribution in [3.63, 3.8) is 0 Å². The van der Waals surface area contributed by atoms with Crippen LogP contribution < -0.4 is 0 Å². The highest BCUT2D eigenvalue weighted by Gasteiger charge is 2.33. The first-order valence-electron chi connectivity index (χ1n) is 5.67. The number of allylic oxidation sites excluding steroid dienone is 1. The molecule has 0 spiro atoms. The molecule has 1 aliphatic heterocycles. The van der Waals surface area contributed by atoms with E-state index < -0.39 is 8.56 Å². The smallest absolute Gasteiger partial charge is 0.341 e. The van der Waals surface area contributed by atoms with Crippen molar-refractivity contribution in [3.05, 3.63) is 12.7 Å². The summed E-state index contributed by atoms with van der Waals surface area (Å²) < 4.78 is 21.6. The predicted molar refractivity (Wildman–Crippen MR) is 64.8 cm³/mol. The molecule has 0 N–H and O–H groups in total. The predicted octanol–water partition coefficient (Wildman–Crippen LogP) is 1.71. The van der Waals surface area contributed by atoms with Gasteiger partial charge in [0.1, 0.15) is 6.10 Å². The fraction of sp³-hybridized carbons (Fsp3) is 0.818. The molecule has 0 aromatic carbocycles. The van der Waals surface area contributed by atoms with Gasteiger partial charge in [-0.15, -0.1) is 6.58 Å². The lowest BCUT2D eigenvalue weighted by molar-refractivity contribution is 0.114. The lowest BCUT2D eigenvalue weighted by Gasteiger charge is -2.26. The molecule has 1 aliphatic rings. The van der Waals surface area contributed by atoms with Crippen molar-refractivity contribution >= 4 is 8.56 Å². The van der Waals surface area contributed by atoms with Crippen LogP contribution in [0.3, 0.4) is 0 Å². The van der Waals surface area contributed by atoms with Crippen molar-refractivity contribution in [2.45, 2.75) is 24.6 Å². The second-order valence-electron chi connectivity index (χ2n) is 3.95. The molecule has 0 aromatic heterocycles. The van der Waals surface area contributed by atoms with Crippen LogP contribution in [-0.2, 0) is 18.3 Å². The van der Waals surface area contributed by atoms with Crippen LogP contribution in [0.4, 0.5) is 0 Å². The van der Waals surface area contributed by atoms with E-state index in [4.69, 9.17) is 18.3 Å². The van der Waals surface area contributed by atoms with Crippen LogP contribution in [0.15, 0.2) is 12.7 Å². The van der Waals surface area contributed by atoms with E-state index in [0.717, 1.165) is 38.3 Å². The Labute approximate surface area is 98.8 Å². The highest BCUT2D eigenvalue weighted by Crippen LogP contribution is 2.20. The van der Waals surface area contributed by atoms with Crippen LogP contribution in [0.5, 0.6) is 0 Å². The number of rotatable bonds is 10. The lowest BCUT2D eigenvalue weighted by Crippen LogP contribution is -2.39. The van der Waals surface area contributed by atoms with Gasteiger partial charge in [0.25, 0.3) is 0 Å². The van der Waals surface area contributed by atoms with Crippen molar-refractivity contribution in [1.29, 1.82) is 0 Å². The second-order valence-corrected chi connectivity index (χ2v) is 7.49. The summed E-state index contributed by atoms with van der Waals surface area (Å²) in [5.41, 5.74) is 0. The standard InChI is InChI=1S/C11H22O4Si/c1-4-7-16(12-2,13-3)8-5-6-14-9-11-10-15-11/h4,11H,1,5-10H2,2-3H3. The SMILES string of the molecule is C=CC[Si](CCCOCC1CO1)(OC)OC. The van der Waals surface area contributed by atoms with Crippen LogP contribution in [0.1, 0.15) is 6.42 Å². The fourth-order valence-electron chi connectivity index (χ4n) is 1.60. The molecular weight excluding hydrogens is 224 g/mol. The summed E-state index contributed by atoms with van der Waals surface area (Å²) in [5, 5.41) is 0. The van der Waals surface area contributed by atoms with Gasteiger partial charge in [-0.25, -0.2) is 0 Å². The quantitative estimate of drug-likeness (QED) is 0.255. The molecule has 1 heterocycles. The third-order valence-electron chi connectivity index (χ3n) is 2.75. The molecule has 1 saturated heterocycles. The molecule has 1 atom stereocenters. The van der Waals surface area contributed by atoms with Crippen LogP contribution >= 0.6 is 0 Å². The molecule has 0 bridgehead atoms. The van der Waals surface area contributed by atoms with Crippen LogP contribution in [0.25, 0.3) is 0 Å². The largest absolute Gasteiger partial charge is 0.397 e. The maximum Gasteiger partial charge on any atom is 0.341 e. The number of hydrogen-bond donors (Lipinski definition) is 0. The van der Waals surface area contributed by atoms with E-state index in [1.165, 1.54) is 0 Å². The van der Waals surface area contributed by atoms with E-state index in [0.29, 0.717) is 6.10 Å². The third kappa shape index (κ3) is 4.76. The number of ether oxygens (including phenoxy) is 2. The van der Waals surface area contributed by atoms with Crippen LogP contribution in [0, 0.1) is 0 Å². The topological polar surface area (TPSA) is 40.2 Å². The van der Waals surface area contributed by atoms with E-state index in [-0.39, 0.29) is 0 Å². The van der Waals surface area contributed by atoms with Crippen molar-refractivity contribution < 1.29 is 18.3 Å². The van der Waals surface area contributed by atoms with Crippen molar-refractivity contribution in [2.24, 2.45) is 0 Å². The van der Waals surface area contributed by atoms with Crippen molar-refractivity contribution in [1.82, 2.24) is 0 Å². The zero-order chi connectivity index (χ0) is 11.9. The zero-order valence-electron chi connectivity index (χ0n) is 10.2. The van der Waals surface area contributed by atoms with Gasteiger partial charge >= 0.3 is 8.56 Å². The summed E-state index contributed by atoms with van der Waals surface area (Å²) in [6, 6.07) is 1.77. The highest BCUT2D eigenvalue weighted by molar-refractivity contribution is 6.67. The van der Waals surface area contributed by atoms with Gasteiger partial charge in [-0.2, -0.15) is 0 Å². The van der Waals surface area contributed by atoms with Crippen molar-refractivity contribution in [2.75, 3.05) is 34.0 Å². The summed E-state index contributed by atoms with van der Waals surface area (Å²) in [6.07, 6.45) is 3.19. The van der Waals surface area contributed by atoms with Crippen LogP contribution in [-0.4, -0.2) is 48.7 Å². The third-order valence-corrected chi connectivity index (χ3v) is 6.27. The summed E-state index contributed by atoms with van der Waals surface area (Å²) >= 11 is 0. The van der Waals surface area contributed by atoms with Gasteiger partial charge in [0, 0.05) is 26.9 Å². The Kier molecular flexibility index (Phi) is 6.23. The van der Waals surface area contributed by atoms with E-state index in [1.54, 1.807) is 14.2 Å². The van der Waals surface area contributed by atoms with Crippen molar-refractivity contribution in [3.8, 4) is 0 Å². The minimum Gasteiger partial charge on any atom is -0.397 e. The molecule has 1 fully saturated rings. The van der Waals surface area contributed by atoms with Gasteiger partial charge in [-0.3, -0.25) is 0 Å². The van der Waals surface area contributed by atoms with Gasteiger partial charge in [0.15, 0.2) is 0 Å². The summed E-state index contributed by atoms with van der Waals surface area (Å²) in [4.78, 5) is 0. The fourth-order valence-corrected chi connectivity index (χ4v) is 3.83. The first-order valence-corrected chi connectivity index (χ1v) is 7.90. The zero-order valence-corrected chi connectivity index (χ0v) is 11.2. The molecule has 0 radical (unpaired) electrons. The van der Waals surface area contributed by atoms with E-state index in [2.05, 4.69) is 6.58 Å². The lowest BCUT2D eigenvalue weighted by atomic mass is 10.5. The molecular formula is C11H22O4Si. The average Bonchev–Trinajstić information content (AvgIpc) is 3.11. The first-order chi connectivity index (χ1) is 7.76. The molecule has 16 heavy (non-hydrogen) atoms. The second kappa shape index (κ2) is 7.19. The number of hydrogen-bond acceptors (Lipinski definition) is 4. The molecule has 1 rings (SSSR count). The summed E-state index contributed by atoms with van der Waals surface area (Å²) in [5.74, 6) is 0.